The summed E-state index contributed by atoms with van der Waals surface area (Å²) in [5.74, 6) is 4.78. The molecule has 0 aromatic rings. The Hall–Kier alpha value is -0.370. The third-order valence-corrected chi connectivity index (χ3v) is 9.88. The topological polar surface area (TPSA) is 37.3 Å². The maximum absolute atomic E-state index is 12.0. The second-order valence-electron chi connectivity index (χ2n) is 10.4. The summed E-state index contributed by atoms with van der Waals surface area (Å²) in [6.45, 7) is 2.58. The predicted octanol–water partition coefficient (Wildman–Crippen LogP) is 4.74. The molecule has 24 heavy (non-hydrogen) atoms. The van der Waals surface area contributed by atoms with Gasteiger partial charge in [-0.3, -0.25) is 4.79 Å². The largest absolute Gasteiger partial charge is 0.393 e. The SMILES string of the molecule is CC12CC[C@@H](O)C[C@H]1CCC1C3CCC4CC(=O)CCC43CCC12. The van der Waals surface area contributed by atoms with Crippen molar-refractivity contribution in [2.24, 2.45) is 40.4 Å². The third-order valence-electron chi connectivity index (χ3n) is 9.88. The van der Waals surface area contributed by atoms with E-state index in [0.717, 1.165) is 55.3 Å². The van der Waals surface area contributed by atoms with E-state index in [4.69, 9.17) is 0 Å². The van der Waals surface area contributed by atoms with Crippen LogP contribution in [-0.2, 0) is 4.79 Å². The van der Waals surface area contributed by atoms with Crippen LogP contribution >= 0.6 is 0 Å². The van der Waals surface area contributed by atoms with Crippen molar-refractivity contribution in [3.8, 4) is 0 Å². The molecule has 2 nitrogen and oxygen atoms in total. The lowest BCUT2D eigenvalue weighted by Crippen LogP contribution is -2.55. The zero-order valence-corrected chi connectivity index (χ0v) is 15.3. The summed E-state index contributed by atoms with van der Waals surface area (Å²) in [7, 11) is 0. The van der Waals surface area contributed by atoms with Crippen LogP contribution in [-0.4, -0.2) is 17.0 Å². The molecule has 6 unspecified atom stereocenters. The normalized spacial score (nSPS) is 56.8. The maximum atomic E-state index is 12.0. The Bertz CT molecular complexity index is 542. The summed E-state index contributed by atoms with van der Waals surface area (Å²) >= 11 is 0. The minimum absolute atomic E-state index is 0.0326. The number of hydrogen-bond acceptors (Lipinski definition) is 2. The molecule has 5 rings (SSSR count). The fourth-order valence-electron chi connectivity index (χ4n) is 8.72. The Morgan fingerprint density at radius 3 is 2.62 bits per heavy atom. The van der Waals surface area contributed by atoms with Gasteiger partial charge < -0.3 is 5.11 Å². The molecule has 0 radical (unpaired) electrons. The summed E-state index contributed by atoms with van der Waals surface area (Å²) in [6.07, 6.45) is 14.6. The zero-order valence-electron chi connectivity index (χ0n) is 15.3. The van der Waals surface area contributed by atoms with Crippen LogP contribution in [0.15, 0.2) is 0 Å². The lowest BCUT2D eigenvalue weighted by molar-refractivity contribution is -0.144. The summed E-state index contributed by atoms with van der Waals surface area (Å²) in [4.78, 5) is 12.0. The molecule has 0 aromatic carbocycles. The van der Waals surface area contributed by atoms with Gasteiger partial charge in [0.05, 0.1) is 6.10 Å². The van der Waals surface area contributed by atoms with Crippen LogP contribution in [0.25, 0.3) is 0 Å². The van der Waals surface area contributed by atoms with Crippen LogP contribution in [0.4, 0.5) is 0 Å². The Morgan fingerprint density at radius 2 is 1.75 bits per heavy atom. The highest BCUT2D eigenvalue weighted by molar-refractivity contribution is 5.79. The number of ketones is 1. The van der Waals surface area contributed by atoms with Crippen LogP contribution < -0.4 is 0 Å². The predicted molar refractivity (Wildman–Crippen MR) is 94.4 cm³/mol. The first kappa shape index (κ1) is 15.9. The highest BCUT2D eigenvalue weighted by atomic mass is 16.3. The van der Waals surface area contributed by atoms with Gasteiger partial charge in [-0.1, -0.05) is 6.92 Å². The van der Waals surface area contributed by atoms with Gasteiger partial charge in [0, 0.05) is 12.8 Å². The smallest absolute Gasteiger partial charge is 0.133 e. The van der Waals surface area contributed by atoms with Crippen molar-refractivity contribution < 1.29 is 9.90 Å². The van der Waals surface area contributed by atoms with Crippen molar-refractivity contribution in [1.82, 2.24) is 0 Å². The molecule has 5 saturated carbocycles. The lowest BCUT2D eigenvalue weighted by atomic mass is 9.43. The van der Waals surface area contributed by atoms with Gasteiger partial charge in [0.2, 0.25) is 0 Å². The first-order chi connectivity index (χ1) is 11.5. The Labute approximate surface area is 146 Å². The first-order valence-corrected chi connectivity index (χ1v) is 10.7. The van der Waals surface area contributed by atoms with Gasteiger partial charge in [0.1, 0.15) is 5.78 Å². The fourth-order valence-corrected chi connectivity index (χ4v) is 8.72. The standard InChI is InChI=1S/C22H34O2/c1-21-9-6-16(23)12-14(21)2-4-18-19(21)8-11-22-10-7-17(24)13-15(22)3-5-20(18)22/h14-16,18-20,23H,2-13H2,1H3/t14-,15?,16-,18?,19?,20?,21?,22?/m1/s1. The highest BCUT2D eigenvalue weighted by Gasteiger charge is 2.62. The minimum atomic E-state index is -0.0326. The van der Waals surface area contributed by atoms with Gasteiger partial charge in [-0.2, -0.15) is 0 Å². The second-order valence-corrected chi connectivity index (χ2v) is 10.4. The molecule has 0 bridgehead atoms. The number of aliphatic hydroxyl groups excluding tert-OH is 1. The van der Waals surface area contributed by atoms with E-state index < -0.39 is 0 Å². The van der Waals surface area contributed by atoms with E-state index in [1.165, 1.54) is 51.4 Å². The van der Waals surface area contributed by atoms with E-state index in [9.17, 15) is 9.90 Å². The summed E-state index contributed by atoms with van der Waals surface area (Å²) < 4.78 is 0. The highest BCUT2D eigenvalue weighted by Crippen LogP contribution is 2.69. The number of carbonyl (C=O) groups is 1. The molecule has 134 valence electrons. The Balaban J connectivity index is 1.44. The molecule has 5 aliphatic rings. The third kappa shape index (κ3) is 2.01. The lowest BCUT2D eigenvalue weighted by Gasteiger charge is -2.62. The van der Waals surface area contributed by atoms with Gasteiger partial charge in [-0.05, 0) is 105 Å². The van der Waals surface area contributed by atoms with Gasteiger partial charge in [0.15, 0.2) is 0 Å². The molecule has 0 aliphatic heterocycles. The summed E-state index contributed by atoms with van der Waals surface area (Å²) in [5.41, 5.74) is 1.04. The molecule has 0 saturated heterocycles. The summed E-state index contributed by atoms with van der Waals surface area (Å²) in [5, 5.41) is 10.2. The average molecular weight is 331 g/mol. The van der Waals surface area contributed by atoms with Crippen LogP contribution in [0, 0.1) is 40.4 Å². The van der Waals surface area contributed by atoms with Crippen molar-refractivity contribution in [3.05, 3.63) is 0 Å². The van der Waals surface area contributed by atoms with E-state index in [-0.39, 0.29) is 6.10 Å². The molecule has 8 atom stereocenters. The number of Topliss-reactive ketones (excluding diaryl/α,β-unsaturated/α-hetero) is 1. The number of hydrogen-bond donors (Lipinski definition) is 1. The number of rotatable bonds is 0. The maximum Gasteiger partial charge on any atom is 0.133 e. The van der Waals surface area contributed by atoms with Gasteiger partial charge in [0.25, 0.3) is 0 Å². The van der Waals surface area contributed by atoms with Gasteiger partial charge in [-0.15, -0.1) is 0 Å². The van der Waals surface area contributed by atoms with Crippen LogP contribution in [0.5, 0.6) is 0 Å². The van der Waals surface area contributed by atoms with Gasteiger partial charge >= 0.3 is 0 Å². The van der Waals surface area contributed by atoms with Crippen LogP contribution in [0.3, 0.4) is 0 Å². The van der Waals surface area contributed by atoms with Crippen molar-refractivity contribution in [3.63, 3.8) is 0 Å². The fraction of sp³-hybridized carbons (Fsp3) is 0.955. The van der Waals surface area contributed by atoms with Crippen molar-refractivity contribution in [2.45, 2.75) is 90.1 Å². The molecule has 0 amide bonds. The molecule has 5 aliphatic carbocycles. The number of fused-ring (bicyclic) bond motifs is 4. The minimum Gasteiger partial charge on any atom is -0.393 e. The summed E-state index contributed by atoms with van der Waals surface area (Å²) in [6, 6.07) is 0. The van der Waals surface area contributed by atoms with Crippen molar-refractivity contribution >= 4 is 5.78 Å². The molecule has 5 fully saturated rings. The molecular weight excluding hydrogens is 296 g/mol. The molecular formula is C22H34O2. The van der Waals surface area contributed by atoms with Crippen LogP contribution in [0.1, 0.15) is 84.0 Å². The van der Waals surface area contributed by atoms with Crippen molar-refractivity contribution in [1.29, 1.82) is 0 Å². The Morgan fingerprint density at radius 1 is 0.917 bits per heavy atom. The van der Waals surface area contributed by atoms with E-state index >= 15 is 0 Å². The molecule has 1 N–H and O–H groups in total. The Kier molecular flexibility index (Phi) is 3.51. The van der Waals surface area contributed by atoms with E-state index in [0.29, 0.717) is 16.6 Å². The monoisotopic (exact) mass is 330 g/mol. The average Bonchev–Trinajstić information content (AvgIpc) is 2.94. The first-order valence-electron chi connectivity index (χ1n) is 10.7. The molecule has 1 spiro atoms. The van der Waals surface area contributed by atoms with E-state index in [2.05, 4.69) is 6.92 Å². The van der Waals surface area contributed by atoms with Gasteiger partial charge in [-0.25, -0.2) is 0 Å². The number of carbonyl (C=O) groups excluding carboxylic acids is 1. The molecule has 0 heterocycles. The van der Waals surface area contributed by atoms with E-state index in [1.807, 2.05) is 0 Å². The molecule has 0 aromatic heterocycles. The second kappa shape index (κ2) is 5.32. The quantitative estimate of drug-likeness (QED) is 0.696. The van der Waals surface area contributed by atoms with E-state index in [1.54, 1.807) is 0 Å². The van der Waals surface area contributed by atoms with Crippen molar-refractivity contribution in [2.75, 3.05) is 0 Å². The van der Waals surface area contributed by atoms with Crippen LogP contribution in [0.2, 0.25) is 0 Å². The number of aliphatic hydroxyl groups is 1. The zero-order chi connectivity index (χ0) is 16.5. The molecule has 2 heteroatoms.